The molecule has 2 nitrogen and oxygen atoms in total. The summed E-state index contributed by atoms with van der Waals surface area (Å²) in [6, 6.07) is 6.29. The molecule has 0 saturated heterocycles. The van der Waals surface area contributed by atoms with E-state index in [0.717, 1.165) is 18.0 Å². The van der Waals surface area contributed by atoms with Crippen molar-refractivity contribution >= 4 is 11.4 Å². The Hall–Kier alpha value is -1.18. The maximum absolute atomic E-state index is 5.95. The van der Waals surface area contributed by atoms with Crippen molar-refractivity contribution in [3.63, 3.8) is 0 Å². The van der Waals surface area contributed by atoms with Gasteiger partial charge in [-0.2, -0.15) is 0 Å². The molecule has 1 aliphatic carbocycles. The van der Waals surface area contributed by atoms with E-state index in [4.69, 9.17) is 5.73 Å². The van der Waals surface area contributed by atoms with Crippen molar-refractivity contribution in [3.8, 4) is 0 Å². The van der Waals surface area contributed by atoms with Crippen LogP contribution in [0.25, 0.3) is 0 Å². The lowest BCUT2D eigenvalue weighted by Crippen LogP contribution is -2.22. The van der Waals surface area contributed by atoms with Crippen LogP contribution in [0.5, 0.6) is 0 Å². The van der Waals surface area contributed by atoms with Crippen LogP contribution in [0.15, 0.2) is 18.2 Å². The molecule has 2 N–H and O–H groups in total. The fourth-order valence-electron chi connectivity index (χ4n) is 2.33. The lowest BCUT2D eigenvalue weighted by atomic mass is 10.1. The monoisotopic (exact) mass is 188 g/mol. The van der Waals surface area contributed by atoms with Crippen LogP contribution in [0.3, 0.4) is 0 Å². The second-order valence-electron chi connectivity index (χ2n) is 4.48. The third-order valence-electron chi connectivity index (χ3n) is 3.34. The molecule has 0 unspecified atom stereocenters. The smallest absolute Gasteiger partial charge is 0.0420 e. The van der Waals surface area contributed by atoms with E-state index in [9.17, 15) is 0 Å². The molecule has 0 atom stereocenters. The van der Waals surface area contributed by atoms with Gasteiger partial charge in [0.05, 0.1) is 0 Å². The van der Waals surface area contributed by atoms with Gasteiger partial charge in [0.25, 0.3) is 0 Å². The third-order valence-corrected chi connectivity index (χ3v) is 3.34. The highest BCUT2D eigenvalue weighted by Gasteiger charge is 2.28. The molecule has 0 radical (unpaired) electrons. The number of anilines is 2. The van der Waals surface area contributed by atoms with Crippen LogP contribution in [0, 0.1) is 5.92 Å². The molecular weight excluding hydrogens is 172 g/mol. The zero-order chi connectivity index (χ0) is 9.54. The van der Waals surface area contributed by atoms with Gasteiger partial charge in [0.15, 0.2) is 0 Å². The largest absolute Gasteiger partial charge is 0.398 e. The maximum atomic E-state index is 5.95. The Kier molecular flexibility index (Phi) is 1.69. The molecule has 14 heavy (non-hydrogen) atoms. The molecule has 0 amide bonds. The first-order chi connectivity index (χ1) is 6.84. The van der Waals surface area contributed by atoms with Crippen LogP contribution in [-0.2, 0) is 6.42 Å². The molecule has 1 aromatic rings. The van der Waals surface area contributed by atoms with E-state index in [1.54, 1.807) is 0 Å². The predicted molar refractivity (Wildman–Crippen MR) is 59.5 cm³/mol. The molecular formula is C12H16N2. The van der Waals surface area contributed by atoms with Gasteiger partial charge in [-0.3, -0.25) is 0 Å². The number of fused-ring (bicyclic) bond motifs is 1. The average molecular weight is 188 g/mol. The van der Waals surface area contributed by atoms with E-state index in [1.807, 2.05) is 6.07 Å². The lowest BCUT2D eigenvalue weighted by Gasteiger charge is -2.18. The molecule has 3 rings (SSSR count). The van der Waals surface area contributed by atoms with Crippen molar-refractivity contribution in [1.82, 2.24) is 0 Å². The molecule has 1 fully saturated rings. The predicted octanol–water partition coefficient (Wildman–Crippen LogP) is 2.04. The number of nitrogen functional groups attached to an aromatic ring is 1. The Balaban J connectivity index is 1.89. The van der Waals surface area contributed by atoms with Gasteiger partial charge in [0, 0.05) is 30.0 Å². The fraction of sp³-hybridized carbons (Fsp3) is 0.500. The number of rotatable bonds is 2. The van der Waals surface area contributed by atoms with Crippen molar-refractivity contribution in [2.45, 2.75) is 19.3 Å². The highest BCUT2D eigenvalue weighted by atomic mass is 15.2. The average Bonchev–Trinajstić information content (AvgIpc) is 2.88. The Morgan fingerprint density at radius 2 is 2.21 bits per heavy atom. The highest BCUT2D eigenvalue weighted by molar-refractivity contribution is 5.68. The van der Waals surface area contributed by atoms with Crippen molar-refractivity contribution in [1.29, 1.82) is 0 Å². The van der Waals surface area contributed by atoms with Crippen LogP contribution < -0.4 is 10.6 Å². The summed E-state index contributed by atoms with van der Waals surface area (Å²) in [6.45, 7) is 2.41. The van der Waals surface area contributed by atoms with Crippen molar-refractivity contribution in [2.24, 2.45) is 5.92 Å². The summed E-state index contributed by atoms with van der Waals surface area (Å²) in [6.07, 6.45) is 3.98. The van der Waals surface area contributed by atoms with Crippen LogP contribution in [0.2, 0.25) is 0 Å². The van der Waals surface area contributed by atoms with Gasteiger partial charge < -0.3 is 10.6 Å². The number of benzene rings is 1. The second-order valence-corrected chi connectivity index (χ2v) is 4.48. The zero-order valence-corrected chi connectivity index (χ0v) is 8.37. The minimum atomic E-state index is 0.961. The zero-order valence-electron chi connectivity index (χ0n) is 8.37. The van der Waals surface area contributed by atoms with Gasteiger partial charge in [0.1, 0.15) is 0 Å². The highest BCUT2D eigenvalue weighted by Crippen LogP contribution is 2.36. The number of nitrogens with two attached hydrogens (primary N) is 1. The van der Waals surface area contributed by atoms with Gasteiger partial charge in [0.2, 0.25) is 0 Å². The first kappa shape index (κ1) is 8.16. The van der Waals surface area contributed by atoms with Crippen LogP contribution >= 0.6 is 0 Å². The first-order valence-electron chi connectivity index (χ1n) is 5.47. The van der Waals surface area contributed by atoms with Gasteiger partial charge in [-0.15, -0.1) is 0 Å². The fourth-order valence-corrected chi connectivity index (χ4v) is 2.33. The topological polar surface area (TPSA) is 29.3 Å². The number of hydrogen-bond acceptors (Lipinski definition) is 2. The van der Waals surface area contributed by atoms with Gasteiger partial charge >= 0.3 is 0 Å². The standard InChI is InChI=1S/C12H16N2/c13-11-2-1-3-12-10(11)6-7-14(12)8-9-4-5-9/h1-3,9H,4-8,13H2. The Bertz CT molecular complexity index is 355. The number of hydrogen-bond donors (Lipinski definition) is 1. The quantitative estimate of drug-likeness (QED) is 0.720. The summed E-state index contributed by atoms with van der Waals surface area (Å²) in [5.41, 5.74) is 9.68. The summed E-state index contributed by atoms with van der Waals surface area (Å²) in [5, 5.41) is 0. The van der Waals surface area contributed by atoms with Crippen molar-refractivity contribution < 1.29 is 0 Å². The SMILES string of the molecule is Nc1cccc2c1CCN2CC1CC1. The van der Waals surface area contributed by atoms with Gasteiger partial charge in [-0.25, -0.2) is 0 Å². The molecule has 0 spiro atoms. The molecule has 2 aliphatic rings. The molecule has 0 bridgehead atoms. The molecule has 2 heteroatoms. The van der Waals surface area contributed by atoms with E-state index >= 15 is 0 Å². The molecule has 1 saturated carbocycles. The first-order valence-corrected chi connectivity index (χ1v) is 5.47. The van der Waals surface area contributed by atoms with E-state index in [0.29, 0.717) is 0 Å². The minimum absolute atomic E-state index is 0.961. The van der Waals surface area contributed by atoms with Crippen LogP contribution in [-0.4, -0.2) is 13.1 Å². The van der Waals surface area contributed by atoms with Gasteiger partial charge in [-0.1, -0.05) is 6.07 Å². The summed E-state index contributed by atoms with van der Waals surface area (Å²) in [7, 11) is 0. The minimum Gasteiger partial charge on any atom is -0.398 e. The van der Waals surface area contributed by atoms with Crippen molar-refractivity contribution in [2.75, 3.05) is 23.7 Å². The second kappa shape index (κ2) is 2.91. The van der Waals surface area contributed by atoms with Gasteiger partial charge in [-0.05, 0) is 37.3 Å². The number of nitrogens with zero attached hydrogens (tertiary/aromatic N) is 1. The van der Waals surface area contributed by atoms with E-state index in [-0.39, 0.29) is 0 Å². The molecule has 0 aromatic heterocycles. The van der Waals surface area contributed by atoms with E-state index in [1.165, 1.54) is 37.2 Å². The Morgan fingerprint density at radius 3 is 3.00 bits per heavy atom. The lowest BCUT2D eigenvalue weighted by molar-refractivity contribution is 0.747. The van der Waals surface area contributed by atoms with Crippen LogP contribution in [0.4, 0.5) is 11.4 Å². The summed E-state index contributed by atoms with van der Waals surface area (Å²) >= 11 is 0. The molecule has 74 valence electrons. The Morgan fingerprint density at radius 1 is 1.36 bits per heavy atom. The van der Waals surface area contributed by atoms with E-state index < -0.39 is 0 Å². The molecule has 1 aromatic carbocycles. The maximum Gasteiger partial charge on any atom is 0.0420 e. The van der Waals surface area contributed by atoms with Crippen molar-refractivity contribution in [3.05, 3.63) is 23.8 Å². The summed E-state index contributed by atoms with van der Waals surface area (Å²) in [5.74, 6) is 0.961. The summed E-state index contributed by atoms with van der Waals surface area (Å²) in [4.78, 5) is 2.50. The summed E-state index contributed by atoms with van der Waals surface area (Å²) < 4.78 is 0. The Labute approximate surface area is 84.7 Å². The van der Waals surface area contributed by atoms with E-state index in [2.05, 4.69) is 17.0 Å². The molecule has 1 heterocycles. The third kappa shape index (κ3) is 1.26. The normalized spacial score (nSPS) is 19.9. The van der Waals surface area contributed by atoms with Crippen LogP contribution in [0.1, 0.15) is 18.4 Å². The molecule has 1 aliphatic heterocycles.